The van der Waals surface area contributed by atoms with Crippen LogP contribution < -0.4 is 10.1 Å². The van der Waals surface area contributed by atoms with Crippen LogP contribution >= 0.6 is 0 Å². The van der Waals surface area contributed by atoms with Crippen LogP contribution in [0.3, 0.4) is 0 Å². The Labute approximate surface area is 141 Å². The molecule has 2 aliphatic heterocycles. The number of carboxylic acids is 1. The zero-order valence-corrected chi connectivity index (χ0v) is 13.3. The number of hydrogen-bond acceptors (Lipinski definition) is 3. The molecule has 2 amide bonds. The smallest absolute Gasteiger partial charge is 0.394 e. The lowest BCUT2D eigenvalue weighted by molar-refractivity contribution is -0.187. The van der Waals surface area contributed by atoms with Crippen LogP contribution in [-0.4, -0.2) is 47.4 Å². The molecule has 1 aromatic carbocycles. The highest BCUT2D eigenvalue weighted by atomic mass is 19.4. The number of amides is 2. The number of carbonyl (C=O) groups excluding carboxylic acids is 1. The summed E-state index contributed by atoms with van der Waals surface area (Å²) in [6.07, 6.45) is -5.05. The summed E-state index contributed by atoms with van der Waals surface area (Å²) in [5.41, 5.74) is 0.740. The molecule has 0 bridgehead atoms. The standard InChI is InChI=1S/C16H17F3N2O4/c1-8-13(9-4-2-3-5-12(9)25-8)20-15(24)21-6-10(14(22)23)11(7-21)16(17,18)19/h2-5,8,10-11,13H,6-7H2,1H3,(H,20,24)(H,22,23)/t8?,10-,11-,13?/m1/s1. The van der Waals surface area contributed by atoms with Gasteiger partial charge in [-0.25, -0.2) is 4.79 Å². The molecular weight excluding hydrogens is 341 g/mol. The molecule has 0 aliphatic carbocycles. The van der Waals surface area contributed by atoms with E-state index in [1.165, 1.54) is 0 Å². The number of alkyl halides is 3. The maximum absolute atomic E-state index is 13.0. The van der Waals surface area contributed by atoms with Crippen LogP contribution in [0, 0.1) is 11.8 Å². The maximum Gasteiger partial charge on any atom is 0.394 e. The van der Waals surface area contributed by atoms with E-state index in [0.717, 1.165) is 10.5 Å². The van der Waals surface area contributed by atoms with E-state index in [4.69, 9.17) is 9.84 Å². The first-order valence-corrected chi connectivity index (χ1v) is 7.79. The van der Waals surface area contributed by atoms with Gasteiger partial charge in [-0.05, 0) is 13.0 Å². The minimum atomic E-state index is -4.67. The van der Waals surface area contributed by atoms with Crippen molar-refractivity contribution in [2.75, 3.05) is 13.1 Å². The molecule has 6 nitrogen and oxygen atoms in total. The van der Waals surface area contributed by atoms with Gasteiger partial charge < -0.3 is 20.1 Å². The number of halogens is 3. The third-order valence-corrected chi connectivity index (χ3v) is 4.66. The van der Waals surface area contributed by atoms with Gasteiger partial charge in [0.2, 0.25) is 0 Å². The Balaban J connectivity index is 1.73. The van der Waals surface area contributed by atoms with Crippen molar-refractivity contribution in [3.05, 3.63) is 29.8 Å². The van der Waals surface area contributed by atoms with E-state index < -0.39 is 49.1 Å². The fourth-order valence-electron chi connectivity index (χ4n) is 3.34. The van der Waals surface area contributed by atoms with Gasteiger partial charge in [0, 0.05) is 18.7 Å². The molecule has 2 N–H and O–H groups in total. The number of carbonyl (C=O) groups is 2. The van der Waals surface area contributed by atoms with Crippen molar-refractivity contribution in [2.24, 2.45) is 11.8 Å². The van der Waals surface area contributed by atoms with E-state index in [0.29, 0.717) is 5.75 Å². The molecule has 136 valence electrons. The summed E-state index contributed by atoms with van der Waals surface area (Å²) in [6.45, 7) is 0.596. The number of ether oxygens (including phenoxy) is 1. The second kappa shape index (κ2) is 6.12. The van der Waals surface area contributed by atoms with E-state index in [9.17, 15) is 22.8 Å². The first kappa shape index (κ1) is 17.4. The molecule has 0 aromatic heterocycles. The number of benzene rings is 1. The van der Waals surface area contributed by atoms with Crippen LogP contribution in [0.25, 0.3) is 0 Å². The summed E-state index contributed by atoms with van der Waals surface area (Å²) < 4.78 is 44.7. The maximum atomic E-state index is 13.0. The first-order valence-electron chi connectivity index (χ1n) is 7.79. The van der Waals surface area contributed by atoms with Crippen LogP contribution in [-0.2, 0) is 4.79 Å². The van der Waals surface area contributed by atoms with Crippen LogP contribution in [0.5, 0.6) is 5.75 Å². The molecule has 2 heterocycles. The van der Waals surface area contributed by atoms with Crippen LogP contribution in [0.1, 0.15) is 18.5 Å². The highest BCUT2D eigenvalue weighted by Crippen LogP contribution is 2.39. The van der Waals surface area contributed by atoms with Crippen molar-refractivity contribution in [3.8, 4) is 5.75 Å². The summed E-state index contributed by atoms with van der Waals surface area (Å²) in [7, 11) is 0. The lowest BCUT2D eigenvalue weighted by atomic mass is 9.96. The minimum absolute atomic E-state index is 0.377. The Morgan fingerprint density at radius 1 is 1.28 bits per heavy atom. The fraction of sp³-hybridized carbons (Fsp3) is 0.500. The average Bonchev–Trinajstić information content (AvgIpc) is 3.10. The third kappa shape index (κ3) is 3.22. The molecule has 9 heteroatoms. The van der Waals surface area contributed by atoms with Gasteiger partial charge in [0.1, 0.15) is 11.9 Å². The number of urea groups is 1. The predicted molar refractivity (Wildman–Crippen MR) is 80.0 cm³/mol. The summed E-state index contributed by atoms with van der Waals surface area (Å²) >= 11 is 0. The zero-order valence-electron chi connectivity index (χ0n) is 13.3. The van der Waals surface area contributed by atoms with Gasteiger partial charge in [-0.1, -0.05) is 18.2 Å². The molecule has 4 atom stereocenters. The minimum Gasteiger partial charge on any atom is -0.488 e. The highest BCUT2D eigenvalue weighted by Gasteiger charge is 2.53. The van der Waals surface area contributed by atoms with Gasteiger partial charge >= 0.3 is 18.2 Å². The average molecular weight is 358 g/mol. The van der Waals surface area contributed by atoms with E-state index in [1.807, 2.05) is 0 Å². The van der Waals surface area contributed by atoms with E-state index in [1.54, 1.807) is 31.2 Å². The van der Waals surface area contributed by atoms with E-state index in [2.05, 4.69) is 5.32 Å². The largest absolute Gasteiger partial charge is 0.488 e. The molecule has 1 aromatic rings. The summed E-state index contributed by atoms with van der Waals surface area (Å²) in [5, 5.41) is 11.7. The monoisotopic (exact) mass is 358 g/mol. The fourth-order valence-corrected chi connectivity index (χ4v) is 3.34. The Morgan fingerprint density at radius 3 is 2.56 bits per heavy atom. The van der Waals surface area contributed by atoms with Gasteiger partial charge in [0.15, 0.2) is 0 Å². The number of likely N-dealkylation sites (tertiary alicyclic amines) is 1. The summed E-state index contributed by atoms with van der Waals surface area (Å²) in [5.74, 6) is -4.67. The quantitative estimate of drug-likeness (QED) is 0.851. The number of fused-ring (bicyclic) bond motifs is 1. The number of hydrogen-bond donors (Lipinski definition) is 2. The second-order valence-electron chi connectivity index (χ2n) is 6.29. The summed E-state index contributed by atoms with van der Waals surface area (Å²) in [6, 6.07) is 5.84. The Morgan fingerprint density at radius 2 is 1.96 bits per heavy atom. The van der Waals surface area contributed by atoms with Crippen molar-refractivity contribution in [2.45, 2.75) is 25.2 Å². The topological polar surface area (TPSA) is 78.9 Å². The molecule has 1 fully saturated rings. The Bertz CT molecular complexity index is 694. The lowest BCUT2D eigenvalue weighted by Gasteiger charge is -2.22. The second-order valence-corrected chi connectivity index (χ2v) is 6.29. The molecular formula is C16H17F3N2O4. The molecule has 2 unspecified atom stereocenters. The first-order chi connectivity index (χ1) is 11.7. The van der Waals surface area contributed by atoms with Crippen molar-refractivity contribution < 1.29 is 32.6 Å². The number of rotatable bonds is 2. The van der Waals surface area contributed by atoms with Crippen LogP contribution in [0.2, 0.25) is 0 Å². The molecule has 1 saturated heterocycles. The molecule has 0 saturated carbocycles. The molecule has 25 heavy (non-hydrogen) atoms. The van der Waals surface area contributed by atoms with Crippen molar-refractivity contribution in [1.82, 2.24) is 10.2 Å². The lowest BCUT2D eigenvalue weighted by Crippen LogP contribution is -2.43. The van der Waals surface area contributed by atoms with Gasteiger partial charge in [0.05, 0.1) is 17.9 Å². The normalized spacial score (nSPS) is 28.4. The van der Waals surface area contributed by atoms with Crippen molar-refractivity contribution in [1.29, 1.82) is 0 Å². The molecule has 3 rings (SSSR count). The number of nitrogens with zero attached hydrogens (tertiary/aromatic N) is 1. The number of carboxylic acid groups (broad SMARTS) is 1. The van der Waals surface area contributed by atoms with Crippen molar-refractivity contribution in [3.63, 3.8) is 0 Å². The van der Waals surface area contributed by atoms with Gasteiger partial charge in [0.25, 0.3) is 0 Å². The van der Waals surface area contributed by atoms with Crippen LogP contribution in [0.15, 0.2) is 24.3 Å². The Kier molecular flexibility index (Phi) is 4.26. The van der Waals surface area contributed by atoms with E-state index >= 15 is 0 Å². The molecule has 0 radical (unpaired) electrons. The highest BCUT2D eigenvalue weighted by molar-refractivity contribution is 5.78. The molecule has 0 spiro atoms. The Hall–Kier alpha value is -2.45. The SMILES string of the molecule is CC1Oc2ccccc2C1NC(=O)N1C[C@@H](C(F)(F)F)[C@H](C(=O)O)C1. The number of para-hydroxylation sites is 1. The van der Waals surface area contributed by atoms with Gasteiger partial charge in [-0.15, -0.1) is 0 Å². The van der Waals surface area contributed by atoms with Gasteiger partial charge in [-0.2, -0.15) is 13.2 Å². The summed E-state index contributed by atoms with van der Waals surface area (Å²) in [4.78, 5) is 24.4. The third-order valence-electron chi connectivity index (χ3n) is 4.66. The number of aliphatic carboxylic acids is 1. The number of nitrogens with one attached hydrogen (secondary N) is 1. The van der Waals surface area contributed by atoms with E-state index in [-0.39, 0.29) is 6.10 Å². The van der Waals surface area contributed by atoms with Crippen LogP contribution in [0.4, 0.5) is 18.0 Å². The van der Waals surface area contributed by atoms with Crippen molar-refractivity contribution >= 4 is 12.0 Å². The zero-order chi connectivity index (χ0) is 18.4. The van der Waals surface area contributed by atoms with Gasteiger partial charge in [-0.3, -0.25) is 4.79 Å². The predicted octanol–water partition coefficient (Wildman–Crippen LogP) is 2.41. The molecule has 2 aliphatic rings.